The van der Waals surface area contributed by atoms with Gasteiger partial charge in [0.05, 0.1) is 5.69 Å². The van der Waals surface area contributed by atoms with Crippen molar-refractivity contribution in [3.05, 3.63) is 42.0 Å². The van der Waals surface area contributed by atoms with Gasteiger partial charge in [0.1, 0.15) is 6.33 Å². The molecule has 1 amide bonds. The molecule has 1 heterocycles. The zero-order valence-electron chi connectivity index (χ0n) is 11.7. The number of rotatable bonds is 3. The van der Waals surface area contributed by atoms with Crippen molar-refractivity contribution in [1.82, 2.24) is 19.7 Å². The molecule has 2 rings (SSSR count). The zero-order chi connectivity index (χ0) is 14.0. The molecule has 0 aliphatic carbocycles. The third kappa shape index (κ3) is 2.81. The van der Waals surface area contributed by atoms with E-state index in [9.17, 15) is 4.79 Å². The van der Waals surface area contributed by atoms with Crippen LogP contribution in [0.2, 0.25) is 0 Å². The molecule has 2 aromatic rings. The standard InChI is InChI=1S/C14H18N4O/c1-10(2)17(4)14(19)13-15-9-18(16-13)12-7-5-11(3)6-8-12/h5-10H,1-4H3. The smallest absolute Gasteiger partial charge is 0.293 e. The molecule has 5 nitrogen and oxygen atoms in total. The highest BCUT2D eigenvalue weighted by Crippen LogP contribution is 2.09. The van der Waals surface area contributed by atoms with Gasteiger partial charge in [0.25, 0.3) is 5.91 Å². The number of aryl methyl sites for hydroxylation is 1. The van der Waals surface area contributed by atoms with Crippen molar-refractivity contribution < 1.29 is 4.79 Å². The quantitative estimate of drug-likeness (QED) is 0.846. The van der Waals surface area contributed by atoms with E-state index in [-0.39, 0.29) is 17.8 Å². The maximum atomic E-state index is 12.1. The lowest BCUT2D eigenvalue weighted by atomic mass is 10.2. The summed E-state index contributed by atoms with van der Waals surface area (Å²) in [6.07, 6.45) is 1.56. The predicted octanol–water partition coefficient (Wildman–Crippen LogP) is 2.06. The fourth-order valence-corrected chi connectivity index (χ4v) is 1.58. The molecule has 1 aromatic carbocycles. The monoisotopic (exact) mass is 258 g/mol. The molecule has 0 N–H and O–H groups in total. The van der Waals surface area contributed by atoms with Gasteiger partial charge >= 0.3 is 0 Å². The van der Waals surface area contributed by atoms with E-state index in [1.165, 1.54) is 5.56 Å². The summed E-state index contributed by atoms with van der Waals surface area (Å²) in [5.41, 5.74) is 2.07. The first-order chi connectivity index (χ1) is 8.99. The van der Waals surface area contributed by atoms with Gasteiger partial charge in [0.2, 0.25) is 5.82 Å². The van der Waals surface area contributed by atoms with Crippen molar-refractivity contribution in [3.8, 4) is 5.69 Å². The number of benzene rings is 1. The van der Waals surface area contributed by atoms with Crippen LogP contribution in [0.4, 0.5) is 0 Å². The minimum absolute atomic E-state index is 0.124. The summed E-state index contributed by atoms with van der Waals surface area (Å²) < 4.78 is 1.61. The Morgan fingerprint density at radius 1 is 1.26 bits per heavy atom. The SMILES string of the molecule is Cc1ccc(-n2cnc(C(=O)N(C)C(C)C)n2)cc1. The molecule has 0 radical (unpaired) electrons. The van der Waals surface area contributed by atoms with Crippen LogP contribution in [0, 0.1) is 6.92 Å². The van der Waals surface area contributed by atoms with Crippen molar-refractivity contribution in [2.45, 2.75) is 26.8 Å². The second-order valence-corrected chi connectivity index (χ2v) is 4.86. The molecule has 0 aliphatic heterocycles. The Balaban J connectivity index is 2.24. The van der Waals surface area contributed by atoms with E-state index in [1.807, 2.05) is 45.0 Å². The molecule has 0 bridgehead atoms. The van der Waals surface area contributed by atoms with E-state index < -0.39 is 0 Å². The third-order valence-electron chi connectivity index (χ3n) is 3.08. The van der Waals surface area contributed by atoms with Gasteiger partial charge in [0.15, 0.2) is 0 Å². The lowest BCUT2D eigenvalue weighted by molar-refractivity contribution is 0.0742. The van der Waals surface area contributed by atoms with Gasteiger partial charge in [-0.1, -0.05) is 17.7 Å². The number of nitrogens with zero attached hydrogens (tertiary/aromatic N) is 4. The molecule has 0 fully saturated rings. The first-order valence-corrected chi connectivity index (χ1v) is 6.25. The molecule has 0 atom stereocenters. The number of hydrogen-bond acceptors (Lipinski definition) is 3. The van der Waals surface area contributed by atoms with Crippen LogP contribution in [0.3, 0.4) is 0 Å². The average Bonchev–Trinajstić information content (AvgIpc) is 2.87. The van der Waals surface area contributed by atoms with E-state index in [2.05, 4.69) is 10.1 Å². The number of aromatic nitrogens is 3. The Labute approximate surface area is 112 Å². The molecule has 100 valence electrons. The molecular weight excluding hydrogens is 240 g/mol. The van der Waals surface area contributed by atoms with Gasteiger partial charge in [0, 0.05) is 13.1 Å². The third-order valence-corrected chi connectivity index (χ3v) is 3.08. The molecule has 1 aromatic heterocycles. The maximum absolute atomic E-state index is 12.1. The Morgan fingerprint density at radius 2 is 1.89 bits per heavy atom. The average molecular weight is 258 g/mol. The first-order valence-electron chi connectivity index (χ1n) is 6.25. The highest BCUT2D eigenvalue weighted by Gasteiger charge is 2.18. The summed E-state index contributed by atoms with van der Waals surface area (Å²) in [4.78, 5) is 17.8. The fraction of sp³-hybridized carbons (Fsp3) is 0.357. The number of carbonyl (C=O) groups is 1. The van der Waals surface area contributed by atoms with Crippen molar-refractivity contribution in [1.29, 1.82) is 0 Å². The Kier molecular flexibility index (Phi) is 3.64. The van der Waals surface area contributed by atoms with Crippen molar-refractivity contribution >= 4 is 5.91 Å². The second kappa shape index (κ2) is 5.22. The first kappa shape index (κ1) is 13.3. The molecule has 0 saturated heterocycles. The summed E-state index contributed by atoms with van der Waals surface area (Å²) >= 11 is 0. The van der Waals surface area contributed by atoms with Crippen LogP contribution in [0.25, 0.3) is 5.69 Å². The van der Waals surface area contributed by atoms with Crippen molar-refractivity contribution in [3.63, 3.8) is 0 Å². The molecule has 5 heteroatoms. The van der Waals surface area contributed by atoms with Crippen LogP contribution in [0.1, 0.15) is 30.0 Å². The minimum Gasteiger partial charge on any atom is -0.337 e. The van der Waals surface area contributed by atoms with Crippen molar-refractivity contribution in [2.75, 3.05) is 7.05 Å². The van der Waals surface area contributed by atoms with E-state index in [1.54, 1.807) is 23.0 Å². The topological polar surface area (TPSA) is 51.0 Å². The minimum atomic E-state index is -0.166. The molecule has 0 saturated carbocycles. The van der Waals surface area contributed by atoms with Crippen LogP contribution in [-0.4, -0.2) is 38.7 Å². The number of amides is 1. The molecule has 19 heavy (non-hydrogen) atoms. The summed E-state index contributed by atoms with van der Waals surface area (Å²) in [6.45, 7) is 5.93. The van der Waals surface area contributed by atoms with Crippen LogP contribution >= 0.6 is 0 Å². The lowest BCUT2D eigenvalue weighted by Crippen LogP contribution is -2.33. The van der Waals surface area contributed by atoms with Gasteiger partial charge in [-0.25, -0.2) is 9.67 Å². The lowest BCUT2D eigenvalue weighted by Gasteiger charge is -2.19. The molecular formula is C14H18N4O. The van der Waals surface area contributed by atoms with E-state index in [4.69, 9.17) is 0 Å². The predicted molar refractivity (Wildman–Crippen MR) is 73.3 cm³/mol. The van der Waals surface area contributed by atoms with Gasteiger partial charge in [-0.3, -0.25) is 4.79 Å². The fourth-order valence-electron chi connectivity index (χ4n) is 1.58. The van der Waals surface area contributed by atoms with E-state index >= 15 is 0 Å². The van der Waals surface area contributed by atoms with E-state index in [0.717, 1.165) is 5.69 Å². The van der Waals surface area contributed by atoms with Crippen LogP contribution in [0.5, 0.6) is 0 Å². The Hall–Kier alpha value is -2.17. The van der Waals surface area contributed by atoms with Crippen LogP contribution in [0.15, 0.2) is 30.6 Å². The molecule has 0 spiro atoms. The highest BCUT2D eigenvalue weighted by atomic mass is 16.2. The normalized spacial score (nSPS) is 10.8. The number of carbonyl (C=O) groups excluding carboxylic acids is 1. The maximum Gasteiger partial charge on any atom is 0.293 e. The highest BCUT2D eigenvalue weighted by molar-refractivity contribution is 5.90. The Morgan fingerprint density at radius 3 is 2.47 bits per heavy atom. The molecule has 0 unspecified atom stereocenters. The van der Waals surface area contributed by atoms with Gasteiger partial charge in [-0.2, -0.15) is 0 Å². The van der Waals surface area contributed by atoms with E-state index in [0.29, 0.717) is 0 Å². The summed E-state index contributed by atoms with van der Waals surface area (Å²) in [7, 11) is 1.75. The van der Waals surface area contributed by atoms with Crippen molar-refractivity contribution in [2.24, 2.45) is 0 Å². The summed E-state index contributed by atoms with van der Waals surface area (Å²) in [5.74, 6) is 0.0534. The van der Waals surface area contributed by atoms with Gasteiger partial charge in [-0.05, 0) is 32.9 Å². The molecule has 0 aliphatic rings. The zero-order valence-corrected chi connectivity index (χ0v) is 11.7. The largest absolute Gasteiger partial charge is 0.337 e. The Bertz CT molecular complexity index is 571. The summed E-state index contributed by atoms with van der Waals surface area (Å²) in [5, 5.41) is 4.23. The van der Waals surface area contributed by atoms with Gasteiger partial charge < -0.3 is 4.90 Å². The second-order valence-electron chi connectivity index (χ2n) is 4.86. The summed E-state index contributed by atoms with van der Waals surface area (Å²) in [6, 6.07) is 8.02. The number of hydrogen-bond donors (Lipinski definition) is 0. The van der Waals surface area contributed by atoms with Gasteiger partial charge in [-0.15, -0.1) is 5.10 Å². The van der Waals surface area contributed by atoms with Crippen LogP contribution in [-0.2, 0) is 0 Å². The van der Waals surface area contributed by atoms with Crippen LogP contribution < -0.4 is 0 Å².